The van der Waals surface area contributed by atoms with Crippen LogP contribution in [0.1, 0.15) is 36.9 Å². The fourth-order valence-corrected chi connectivity index (χ4v) is 3.49. The first kappa shape index (κ1) is 19.7. The van der Waals surface area contributed by atoms with E-state index < -0.39 is 0 Å². The third-order valence-corrected chi connectivity index (χ3v) is 5.13. The van der Waals surface area contributed by atoms with Gasteiger partial charge >= 0.3 is 0 Å². The molecule has 154 valence electrons. The summed E-state index contributed by atoms with van der Waals surface area (Å²) in [4.78, 5) is 23.5. The molecule has 0 saturated carbocycles. The number of nitrogens with zero attached hydrogens (tertiary/aromatic N) is 2. The molecule has 3 aromatic heterocycles. The average Bonchev–Trinajstić information content (AvgIpc) is 3.09. The van der Waals surface area contributed by atoms with Crippen LogP contribution in [0.5, 0.6) is 5.75 Å². The largest absolute Gasteiger partial charge is 0.497 e. The molecule has 30 heavy (non-hydrogen) atoms. The number of fused-ring (bicyclic) bond motifs is 1. The maximum absolute atomic E-state index is 11.8. The molecule has 1 aromatic carbocycles. The topological polar surface area (TPSA) is 93.0 Å². The minimum Gasteiger partial charge on any atom is -0.497 e. The summed E-state index contributed by atoms with van der Waals surface area (Å²) in [6.45, 7) is 6.04. The Morgan fingerprint density at radius 1 is 1.23 bits per heavy atom. The summed E-state index contributed by atoms with van der Waals surface area (Å²) in [6.07, 6.45) is 2.40. The molecule has 0 aliphatic heterocycles. The summed E-state index contributed by atoms with van der Waals surface area (Å²) in [6, 6.07) is 11.0. The molecule has 4 rings (SSSR count). The van der Waals surface area contributed by atoms with Gasteiger partial charge in [-0.15, -0.1) is 0 Å². The van der Waals surface area contributed by atoms with Gasteiger partial charge in [-0.1, -0.05) is 6.92 Å². The van der Waals surface area contributed by atoms with Crippen molar-refractivity contribution in [2.75, 3.05) is 12.4 Å². The van der Waals surface area contributed by atoms with Crippen LogP contribution < -0.4 is 15.6 Å². The number of methoxy groups -OCH3 is 1. The summed E-state index contributed by atoms with van der Waals surface area (Å²) >= 11 is 0. The number of benzene rings is 1. The van der Waals surface area contributed by atoms with Gasteiger partial charge in [-0.25, -0.2) is 9.97 Å². The maximum Gasteiger partial charge on any atom is 0.251 e. The lowest BCUT2D eigenvalue weighted by molar-refractivity contribution is 0.415. The maximum atomic E-state index is 11.8. The molecule has 0 saturated heterocycles. The fraction of sp³-hybridized carbons (Fsp3) is 0.261. The Morgan fingerprint density at radius 2 is 2.07 bits per heavy atom. The number of rotatable bonds is 6. The van der Waals surface area contributed by atoms with Gasteiger partial charge in [0.1, 0.15) is 28.7 Å². The van der Waals surface area contributed by atoms with Crippen molar-refractivity contribution in [2.45, 2.75) is 33.2 Å². The monoisotopic (exact) mass is 404 g/mol. The predicted molar refractivity (Wildman–Crippen MR) is 117 cm³/mol. The highest BCUT2D eigenvalue weighted by Crippen LogP contribution is 2.33. The molecule has 0 bridgehead atoms. The zero-order chi connectivity index (χ0) is 21.3. The molecule has 1 unspecified atom stereocenters. The van der Waals surface area contributed by atoms with E-state index in [-0.39, 0.29) is 11.6 Å². The van der Waals surface area contributed by atoms with E-state index >= 15 is 0 Å². The molecule has 3 heterocycles. The minimum atomic E-state index is -0.162. The summed E-state index contributed by atoms with van der Waals surface area (Å²) in [5.74, 6) is 2.88. The van der Waals surface area contributed by atoms with Gasteiger partial charge in [0, 0.05) is 34.5 Å². The number of aromatic nitrogens is 3. The SMILES string of the molecule is CCc1cc(=O)[nH]c(-c2ccc(NC(C)c3oc4ccc(OC)cc4c3C)nc2)n1. The number of H-pyrrole nitrogens is 1. The van der Waals surface area contributed by atoms with Crippen molar-refractivity contribution in [3.63, 3.8) is 0 Å². The van der Waals surface area contributed by atoms with Crippen LogP contribution in [0.4, 0.5) is 5.82 Å². The van der Waals surface area contributed by atoms with E-state index in [1.54, 1.807) is 13.3 Å². The molecular formula is C23H24N4O3. The Hall–Kier alpha value is -3.61. The summed E-state index contributed by atoms with van der Waals surface area (Å²) in [5.41, 5.74) is 3.24. The van der Waals surface area contributed by atoms with Crippen LogP contribution in [0.2, 0.25) is 0 Å². The molecular weight excluding hydrogens is 380 g/mol. The van der Waals surface area contributed by atoms with Crippen LogP contribution in [-0.2, 0) is 6.42 Å². The zero-order valence-electron chi connectivity index (χ0n) is 17.4. The molecule has 0 radical (unpaired) electrons. The Balaban J connectivity index is 1.56. The second-order valence-electron chi connectivity index (χ2n) is 7.19. The van der Waals surface area contributed by atoms with Gasteiger partial charge in [-0.3, -0.25) is 4.79 Å². The molecule has 0 aliphatic carbocycles. The standard InChI is InChI=1S/C23H24N4O3/c1-5-16-10-21(28)27-23(26-16)15-6-9-20(24-12-15)25-14(3)22-13(2)18-11-17(29-4)7-8-19(18)30-22/h6-12,14H,5H2,1-4H3,(H,24,25)(H,26,27,28). The number of furan rings is 1. The summed E-state index contributed by atoms with van der Waals surface area (Å²) < 4.78 is 11.4. The van der Waals surface area contributed by atoms with Gasteiger partial charge in [-0.05, 0) is 50.6 Å². The Labute approximate surface area is 174 Å². The van der Waals surface area contributed by atoms with Crippen LogP contribution in [-0.4, -0.2) is 22.1 Å². The normalized spacial score (nSPS) is 12.1. The van der Waals surface area contributed by atoms with Gasteiger partial charge in [0.25, 0.3) is 5.56 Å². The lowest BCUT2D eigenvalue weighted by Gasteiger charge is -2.13. The first-order valence-electron chi connectivity index (χ1n) is 9.88. The molecule has 7 nitrogen and oxygen atoms in total. The van der Waals surface area contributed by atoms with Gasteiger partial charge in [-0.2, -0.15) is 0 Å². The molecule has 0 aliphatic rings. The van der Waals surface area contributed by atoms with Crippen LogP contribution in [0, 0.1) is 6.92 Å². The van der Waals surface area contributed by atoms with E-state index in [4.69, 9.17) is 9.15 Å². The molecule has 0 amide bonds. The molecule has 2 N–H and O–H groups in total. The Morgan fingerprint density at radius 3 is 2.77 bits per heavy atom. The highest BCUT2D eigenvalue weighted by atomic mass is 16.5. The highest BCUT2D eigenvalue weighted by Gasteiger charge is 2.17. The van der Waals surface area contributed by atoms with Crippen molar-refractivity contribution < 1.29 is 9.15 Å². The number of ether oxygens (including phenoxy) is 1. The Kier molecular flexibility index (Phi) is 5.27. The van der Waals surface area contributed by atoms with E-state index in [1.807, 2.05) is 51.1 Å². The third kappa shape index (κ3) is 3.78. The van der Waals surface area contributed by atoms with Gasteiger partial charge in [0.2, 0.25) is 0 Å². The number of aryl methyl sites for hydroxylation is 2. The minimum absolute atomic E-state index is 0.0805. The van der Waals surface area contributed by atoms with Crippen molar-refractivity contribution >= 4 is 16.8 Å². The van der Waals surface area contributed by atoms with Gasteiger partial charge < -0.3 is 19.5 Å². The third-order valence-electron chi connectivity index (χ3n) is 5.13. The fourth-order valence-electron chi connectivity index (χ4n) is 3.49. The first-order chi connectivity index (χ1) is 14.5. The quantitative estimate of drug-likeness (QED) is 0.487. The van der Waals surface area contributed by atoms with E-state index in [2.05, 4.69) is 20.3 Å². The number of pyridine rings is 1. The van der Waals surface area contributed by atoms with Gasteiger partial charge in [0.05, 0.1) is 13.2 Å². The molecule has 1 atom stereocenters. The predicted octanol–water partition coefficient (Wildman–Crippen LogP) is 4.63. The van der Waals surface area contributed by atoms with Crippen LogP contribution in [0.25, 0.3) is 22.4 Å². The van der Waals surface area contributed by atoms with Crippen LogP contribution in [0.15, 0.2) is 51.8 Å². The van der Waals surface area contributed by atoms with E-state index in [0.29, 0.717) is 18.1 Å². The highest BCUT2D eigenvalue weighted by molar-refractivity contribution is 5.83. The van der Waals surface area contributed by atoms with Crippen molar-refractivity contribution in [3.05, 3.63) is 70.0 Å². The van der Waals surface area contributed by atoms with Crippen LogP contribution >= 0.6 is 0 Å². The number of anilines is 1. The van der Waals surface area contributed by atoms with Crippen molar-refractivity contribution in [1.29, 1.82) is 0 Å². The van der Waals surface area contributed by atoms with Crippen LogP contribution in [0.3, 0.4) is 0 Å². The van der Waals surface area contributed by atoms with Crippen molar-refractivity contribution in [2.24, 2.45) is 0 Å². The number of aromatic amines is 1. The molecule has 4 aromatic rings. The second-order valence-corrected chi connectivity index (χ2v) is 7.19. The van der Waals surface area contributed by atoms with E-state index in [0.717, 1.165) is 39.3 Å². The van der Waals surface area contributed by atoms with E-state index in [9.17, 15) is 4.79 Å². The Bertz CT molecular complexity index is 1240. The molecule has 0 fully saturated rings. The summed E-state index contributed by atoms with van der Waals surface area (Å²) in [5, 5.41) is 4.41. The second kappa shape index (κ2) is 8.02. The average molecular weight is 404 g/mol. The molecule has 7 heteroatoms. The first-order valence-corrected chi connectivity index (χ1v) is 9.88. The lowest BCUT2D eigenvalue weighted by atomic mass is 10.1. The number of hydrogen-bond acceptors (Lipinski definition) is 6. The smallest absolute Gasteiger partial charge is 0.251 e. The number of nitrogens with one attached hydrogen (secondary N) is 2. The van der Waals surface area contributed by atoms with Crippen molar-refractivity contribution in [1.82, 2.24) is 15.0 Å². The number of hydrogen-bond donors (Lipinski definition) is 2. The van der Waals surface area contributed by atoms with E-state index in [1.165, 1.54) is 6.07 Å². The van der Waals surface area contributed by atoms with Crippen molar-refractivity contribution in [3.8, 4) is 17.1 Å². The zero-order valence-corrected chi connectivity index (χ0v) is 17.4. The molecule has 0 spiro atoms. The summed E-state index contributed by atoms with van der Waals surface area (Å²) in [7, 11) is 1.65. The van der Waals surface area contributed by atoms with Gasteiger partial charge in [0.15, 0.2) is 0 Å². The lowest BCUT2D eigenvalue weighted by Crippen LogP contribution is -2.10.